The third-order valence-electron chi connectivity index (χ3n) is 4.01. The predicted molar refractivity (Wildman–Crippen MR) is 87.2 cm³/mol. The topological polar surface area (TPSA) is 66.5 Å². The summed E-state index contributed by atoms with van der Waals surface area (Å²) in [6.07, 6.45) is 0. The molecule has 1 unspecified atom stereocenters. The first-order valence-corrected chi connectivity index (χ1v) is 8.96. The lowest BCUT2D eigenvalue weighted by molar-refractivity contribution is -0.126. The average molecular weight is 348 g/mol. The Morgan fingerprint density at radius 2 is 1.88 bits per heavy atom. The molecule has 126 valence electrons. The molecule has 1 fully saturated rings. The van der Waals surface area contributed by atoms with Gasteiger partial charge in [0, 0.05) is 13.1 Å². The molecule has 1 saturated heterocycles. The number of amides is 1. The van der Waals surface area contributed by atoms with Gasteiger partial charge in [0.2, 0.25) is 15.9 Å². The van der Waals surface area contributed by atoms with E-state index in [1.807, 2.05) is 0 Å². The van der Waals surface area contributed by atoms with Gasteiger partial charge in [0.05, 0.1) is 4.90 Å². The van der Waals surface area contributed by atoms with Crippen LogP contribution < -0.4 is 5.32 Å². The number of nitrogens with zero attached hydrogens (tertiary/aromatic N) is 1. The number of hydrogen-bond acceptors (Lipinski definition) is 3. The molecule has 3 rings (SSSR count). The molecular formula is C17H17FN2O3S. The van der Waals surface area contributed by atoms with E-state index in [0.717, 1.165) is 6.07 Å². The Morgan fingerprint density at radius 1 is 1.17 bits per heavy atom. The minimum Gasteiger partial charge on any atom is -0.353 e. The minimum atomic E-state index is -3.93. The number of halogens is 1. The van der Waals surface area contributed by atoms with Crippen LogP contribution in [0.5, 0.6) is 0 Å². The Morgan fingerprint density at radius 3 is 2.54 bits per heavy atom. The minimum absolute atomic E-state index is 0.0135. The van der Waals surface area contributed by atoms with E-state index in [1.165, 1.54) is 23.4 Å². The third kappa shape index (κ3) is 2.92. The van der Waals surface area contributed by atoms with Crippen LogP contribution in [0.2, 0.25) is 0 Å². The number of rotatable bonds is 3. The SMILES string of the molecule is Cc1cc(F)ccc1S(=O)(=O)N1CCNC(=O)C1c1ccccc1. The zero-order valence-corrected chi connectivity index (χ0v) is 13.9. The molecule has 0 saturated carbocycles. The molecule has 0 spiro atoms. The lowest BCUT2D eigenvalue weighted by atomic mass is 10.1. The van der Waals surface area contributed by atoms with Crippen molar-refractivity contribution in [3.63, 3.8) is 0 Å². The zero-order valence-electron chi connectivity index (χ0n) is 13.1. The van der Waals surface area contributed by atoms with Gasteiger partial charge in [-0.3, -0.25) is 4.79 Å². The van der Waals surface area contributed by atoms with E-state index in [-0.39, 0.29) is 23.9 Å². The normalized spacial score (nSPS) is 19.1. The second kappa shape index (κ2) is 6.33. The highest BCUT2D eigenvalue weighted by Crippen LogP contribution is 2.30. The molecule has 1 heterocycles. The summed E-state index contributed by atoms with van der Waals surface area (Å²) >= 11 is 0. The summed E-state index contributed by atoms with van der Waals surface area (Å²) < 4.78 is 40.6. The summed E-state index contributed by atoms with van der Waals surface area (Å²) in [4.78, 5) is 12.4. The summed E-state index contributed by atoms with van der Waals surface area (Å²) in [6.45, 7) is 1.93. The number of sulfonamides is 1. The largest absolute Gasteiger partial charge is 0.353 e. The fourth-order valence-corrected chi connectivity index (χ4v) is 4.67. The zero-order chi connectivity index (χ0) is 17.3. The monoisotopic (exact) mass is 348 g/mol. The van der Waals surface area contributed by atoms with Gasteiger partial charge in [-0.2, -0.15) is 4.31 Å². The van der Waals surface area contributed by atoms with E-state index < -0.39 is 21.9 Å². The lowest BCUT2D eigenvalue weighted by Crippen LogP contribution is -2.52. The van der Waals surface area contributed by atoms with E-state index in [0.29, 0.717) is 11.1 Å². The summed E-state index contributed by atoms with van der Waals surface area (Å²) in [5.41, 5.74) is 0.908. The van der Waals surface area contributed by atoms with E-state index in [4.69, 9.17) is 0 Å². The molecule has 0 aromatic heterocycles. The molecule has 2 aromatic rings. The van der Waals surface area contributed by atoms with Crippen LogP contribution in [0.1, 0.15) is 17.2 Å². The van der Waals surface area contributed by atoms with Crippen molar-refractivity contribution in [2.24, 2.45) is 0 Å². The van der Waals surface area contributed by atoms with Crippen molar-refractivity contribution in [1.82, 2.24) is 9.62 Å². The van der Waals surface area contributed by atoms with Crippen LogP contribution in [-0.2, 0) is 14.8 Å². The van der Waals surface area contributed by atoms with Gasteiger partial charge in [0.1, 0.15) is 11.9 Å². The van der Waals surface area contributed by atoms with Crippen molar-refractivity contribution in [2.75, 3.05) is 13.1 Å². The number of piperazine rings is 1. The number of benzene rings is 2. The number of aryl methyl sites for hydroxylation is 1. The lowest BCUT2D eigenvalue weighted by Gasteiger charge is -2.34. The Bertz CT molecular complexity index is 869. The third-order valence-corrected chi connectivity index (χ3v) is 6.03. The molecule has 5 nitrogen and oxygen atoms in total. The summed E-state index contributed by atoms with van der Waals surface area (Å²) in [6, 6.07) is 11.3. The first kappa shape index (κ1) is 16.6. The van der Waals surface area contributed by atoms with Crippen molar-refractivity contribution < 1.29 is 17.6 Å². The van der Waals surface area contributed by atoms with Gasteiger partial charge in [0.25, 0.3) is 0 Å². The Labute approximate surface area is 140 Å². The van der Waals surface area contributed by atoms with E-state index in [1.54, 1.807) is 30.3 Å². The molecule has 0 bridgehead atoms. The first-order valence-electron chi connectivity index (χ1n) is 7.52. The van der Waals surface area contributed by atoms with Crippen LogP contribution in [-0.4, -0.2) is 31.7 Å². The molecule has 1 amide bonds. The molecule has 7 heteroatoms. The van der Waals surface area contributed by atoms with Gasteiger partial charge >= 0.3 is 0 Å². The standard InChI is InChI=1S/C17H17FN2O3S/c1-12-11-14(18)7-8-15(12)24(22,23)20-10-9-19-17(21)16(20)13-5-3-2-4-6-13/h2-8,11,16H,9-10H2,1H3,(H,19,21). The second-order valence-corrected chi connectivity index (χ2v) is 7.49. The van der Waals surface area contributed by atoms with Crippen molar-refractivity contribution in [1.29, 1.82) is 0 Å². The van der Waals surface area contributed by atoms with E-state index >= 15 is 0 Å². The molecule has 1 N–H and O–H groups in total. The Balaban J connectivity index is 2.09. The number of hydrogen-bond donors (Lipinski definition) is 1. The second-order valence-electron chi connectivity index (χ2n) is 5.63. The van der Waals surface area contributed by atoms with E-state index in [9.17, 15) is 17.6 Å². The molecule has 0 aliphatic carbocycles. The molecule has 2 aromatic carbocycles. The molecule has 1 aliphatic heterocycles. The highest BCUT2D eigenvalue weighted by Gasteiger charge is 2.39. The summed E-state index contributed by atoms with van der Waals surface area (Å²) in [5, 5.41) is 2.70. The van der Waals surface area contributed by atoms with Gasteiger partial charge in [-0.15, -0.1) is 0 Å². The fraction of sp³-hybridized carbons (Fsp3) is 0.235. The summed E-state index contributed by atoms with van der Waals surface area (Å²) in [7, 11) is -3.93. The van der Waals surface area contributed by atoms with Crippen LogP contribution in [0.4, 0.5) is 4.39 Å². The van der Waals surface area contributed by atoms with Crippen molar-refractivity contribution in [2.45, 2.75) is 17.9 Å². The maximum absolute atomic E-state index is 13.3. The van der Waals surface area contributed by atoms with Gasteiger partial charge in [-0.05, 0) is 36.2 Å². The van der Waals surface area contributed by atoms with Crippen molar-refractivity contribution >= 4 is 15.9 Å². The maximum Gasteiger partial charge on any atom is 0.244 e. The predicted octanol–water partition coefficient (Wildman–Crippen LogP) is 2.00. The number of carbonyl (C=O) groups is 1. The smallest absolute Gasteiger partial charge is 0.244 e. The molecule has 0 radical (unpaired) electrons. The molecule has 24 heavy (non-hydrogen) atoms. The van der Waals surface area contributed by atoms with Gasteiger partial charge in [-0.25, -0.2) is 12.8 Å². The summed E-state index contributed by atoms with van der Waals surface area (Å²) in [5.74, 6) is -0.863. The van der Waals surface area contributed by atoms with Gasteiger partial charge < -0.3 is 5.32 Å². The maximum atomic E-state index is 13.3. The molecular weight excluding hydrogens is 331 g/mol. The quantitative estimate of drug-likeness (QED) is 0.923. The van der Waals surface area contributed by atoms with Gasteiger partial charge in [0.15, 0.2) is 0 Å². The fourth-order valence-electron chi connectivity index (χ4n) is 2.89. The molecule has 1 aliphatic rings. The Kier molecular flexibility index (Phi) is 4.38. The van der Waals surface area contributed by atoms with Crippen LogP contribution in [0.25, 0.3) is 0 Å². The average Bonchev–Trinajstić information content (AvgIpc) is 2.55. The van der Waals surface area contributed by atoms with Crippen molar-refractivity contribution in [3.05, 3.63) is 65.5 Å². The highest BCUT2D eigenvalue weighted by molar-refractivity contribution is 7.89. The highest BCUT2D eigenvalue weighted by atomic mass is 32.2. The van der Waals surface area contributed by atoms with Crippen LogP contribution >= 0.6 is 0 Å². The first-order chi connectivity index (χ1) is 11.4. The van der Waals surface area contributed by atoms with Crippen molar-refractivity contribution in [3.8, 4) is 0 Å². The molecule has 1 atom stereocenters. The van der Waals surface area contributed by atoms with Gasteiger partial charge in [-0.1, -0.05) is 30.3 Å². The van der Waals surface area contributed by atoms with Crippen LogP contribution in [0, 0.1) is 12.7 Å². The Hall–Kier alpha value is -2.25. The van der Waals surface area contributed by atoms with Crippen LogP contribution in [0.3, 0.4) is 0 Å². The van der Waals surface area contributed by atoms with E-state index in [2.05, 4.69) is 5.32 Å². The van der Waals surface area contributed by atoms with Crippen LogP contribution in [0.15, 0.2) is 53.4 Å². The number of carbonyl (C=O) groups excluding carboxylic acids is 1. The number of nitrogens with one attached hydrogen (secondary N) is 1.